The molecule has 0 saturated carbocycles. The zero-order chi connectivity index (χ0) is 31.5. The Morgan fingerprint density at radius 2 is 1.73 bits per heavy atom. The molecule has 1 saturated heterocycles. The van der Waals surface area contributed by atoms with E-state index in [0.29, 0.717) is 23.6 Å². The van der Waals surface area contributed by atoms with Crippen LogP contribution < -0.4 is 9.64 Å². The summed E-state index contributed by atoms with van der Waals surface area (Å²) in [5, 5.41) is 22.8. The molecule has 4 aromatic rings. The highest BCUT2D eigenvalue weighted by Crippen LogP contribution is 2.44. The van der Waals surface area contributed by atoms with E-state index in [9.17, 15) is 29.6 Å². The maximum Gasteiger partial charge on any atom is 0.350 e. The number of benzene rings is 3. The Balaban J connectivity index is 1.54. The number of aliphatic hydroxyl groups is 1. The number of nitro groups is 1. The van der Waals surface area contributed by atoms with Crippen molar-refractivity contribution in [1.82, 2.24) is 4.98 Å². The molecule has 0 bridgehead atoms. The van der Waals surface area contributed by atoms with Gasteiger partial charge in [0, 0.05) is 17.7 Å². The monoisotopic (exact) mass is 613 g/mol. The number of rotatable bonds is 9. The SMILES string of the molecule is CCOC(=O)c1sc(N2C(=O)C(=O)C(=C(O)c3ccc(OCc4ccccc4C)cc3)C2c2ccc([N+](=O)[O-])cc2)nc1C. The van der Waals surface area contributed by atoms with Crippen molar-refractivity contribution in [2.45, 2.75) is 33.4 Å². The van der Waals surface area contributed by atoms with Crippen molar-refractivity contribution in [3.05, 3.63) is 121 Å². The lowest BCUT2D eigenvalue weighted by atomic mass is 9.95. The Hall–Kier alpha value is -5.36. The Kier molecular flexibility index (Phi) is 8.54. The number of ether oxygens (including phenoxy) is 2. The Morgan fingerprint density at radius 1 is 1.05 bits per heavy atom. The number of aromatic nitrogens is 1. The number of anilines is 1. The van der Waals surface area contributed by atoms with E-state index >= 15 is 0 Å². The highest BCUT2D eigenvalue weighted by atomic mass is 32.1. The smallest absolute Gasteiger partial charge is 0.350 e. The molecule has 1 aliphatic rings. The molecule has 1 fully saturated rings. The predicted octanol–water partition coefficient (Wildman–Crippen LogP) is 6.05. The largest absolute Gasteiger partial charge is 0.507 e. The summed E-state index contributed by atoms with van der Waals surface area (Å²) in [7, 11) is 0. The number of amides is 1. The standard InChI is InChI=1S/C32H27N3O8S/c1-4-42-31(39)29-19(3)33-32(44-29)34-26(20-9-13-23(14-10-20)35(40)41)25(28(37)30(34)38)27(36)21-11-15-24(16-12-21)43-17-22-8-6-5-7-18(22)2/h5-16,26,36H,4,17H2,1-3H3. The van der Waals surface area contributed by atoms with Crippen LogP contribution in [0.2, 0.25) is 0 Å². The summed E-state index contributed by atoms with van der Waals surface area (Å²) >= 11 is 0.871. The van der Waals surface area contributed by atoms with Gasteiger partial charge in [-0.05, 0) is 73.9 Å². The molecule has 1 amide bonds. The summed E-state index contributed by atoms with van der Waals surface area (Å²) in [5.41, 5.74) is 2.55. The fourth-order valence-electron chi connectivity index (χ4n) is 4.79. The molecule has 12 heteroatoms. The minimum absolute atomic E-state index is 0.0370. The van der Waals surface area contributed by atoms with Crippen LogP contribution in [0.15, 0.2) is 78.4 Å². The predicted molar refractivity (Wildman–Crippen MR) is 163 cm³/mol. The average molecular weight is 614 g/mol. The first-order valence-corrected chi connectivity index (χ1v) is 14.4. The molecule has 1 atom stereocenters. The van der Waals surface area contributed by atoms with E-state index in [0.717, 1.165) is 27.4 Å². The van der Waals surface area contributed by atoms with Gasteiger partial charge < -0.3 is 14.6 Å². The first-order valence-electron chi connectivity index (χ1n) is 13.6. The summed E-state index contributed by atoms with van der Waals surface area (Å²) in [6.45, 7) is 5.69. The van der Waals surface area contributed by atoms with Crippen LogP contribution in [-0.4, -0.2) is 39.3 Å². The number of Topliss-reactive ketones (excluding diaryl/α,β-unsaturated/α-hetero) is 1. The van der Waals surface area contributed by atoms with Crippen molar-refractivity contribution in [1.29, 1.82) is 0 Å². The summed E-state index contributed by atoms with van der Waals surface area (Å²) in [6, 6.07) is 18.3. The summed E-state index contributed by atoms with van der Waals surface area (Å²) in [6.07, 6.45) is 0. The number of hydrogen-bond donors (Lipinski definition) is 1. The lowest BCUT2D eigenvalue weighted by Crippen LogP contribution is -2.29. The van der Waals surface area contributed by atoms with Gasteiger partial charge in [-0.25, -0.2) is 9.78 Å². The summed E-state index contributed by atoms with van der Waals surface area (Å²) in [5.74, 6) is -2.49. The van der Waals surface area contributed by atoms with Gasteiger partial charge >= 0.3 is 11.9 Å². The number of carbonyl (C=O) groups is 3. The molecule has 1 N–H and O–H groups in total. The molecule has 1 unspecified atom stereocenters. The second-order valence-corrected chi connectivity index (χ2v) is 10.9. The molecular formula is C32H27N3O8S. The van der Waals surface area contributed by atoms with E-state index in [1.807, 2.05) is 31.2 Å². The lowest BCUT2D eigenvalue weighted by molar-refractivity contribution is -0.384. The van der Waals surface area contributed by atoms with Gasteiger partial charge in [-0.2, -0.15) is 0 Å². The van der Waals surface area contributed by atoms with Crippen LogP contribution in [-0.2, 0) is 20.9 Å². The zero-order valence-corrected chi connectivity index (χ0v) is 24.8. The fraction of sp³-hybridized carbons (Fsp3) is 0.188. The van der Waals surface area contributed by atoms with Gasteiger partial charge in [-0.3, -0.25) is 24.6 Å². The molecule has 1 aromatic heterocycles. The molecule has 11 nitrogen and oxygen atoms in total. The van der Waals surface area contributed by atoms with Crippen LogP contribution in [0.4, 0.5) is 10.8 Å². The number of non-ortho nitro benzene ring substituents is 1. The lowest BCUT2D eigenvalue weighted by Gasteiger charge is -2.23. The third-order valence-corrected chi connectivity index (χ3v) is 8.24. The third kappa shape index (κ3) is 5.79. The van der Waals surface area contributed by atoms with Crippen molar-refractivity contribution < 1.29 is 33.9 Å². The van der Waals surface area contributed by atoms with Crippen molar-refractivity contribution in [3.63, 3.8) is 0 Å². The number of nitrogens with zero attached hydrogens (tertiary/aromatic N) is 3. The molecule has 3 aromatic carbocycles. The van der Waals surface area contributed by atoms with Crippen molar-refractivity contribution in [3.8, 4) is 5.75 Å². The highest BCUT2D eigenvalue weighted by molar-refractivity contribution is 7.17. The summed E-state index contributed by atoms with van der Waals surface area (Å²) < 4.78 is 11.0. The van der Waals surface area contributed by atoms with Gasteiger partial charge in [0.1, 0.15) is 23.0 Å². The number of esters is 1. The average Bonchev–Trinajstić information content (AvgIpc) is 3.53. The first-order chi connectivity index (χ1) is 21.1. The minimum atomic E-state index is -1.19. The molecule has 5 rings (SSSR count). The van der Waals surface area contributed by atoms with Crippen molar-refractivity contribution in [2.24, 2.45) is 0 Å². The van der Waals surface area contributed by atoms with Gasteiger partial charge in [0.05, 0.1) is 28.8 Å². The van der Waals surface area contributed by atoms with Crippen LogP contribution in [0.3, 0.4) is 0 Å². The van der Waals surface area contributed by atoms with Gasteiger partial charge in [-0.1, -0.05) is 35.6 Å². The zero-order valence-electron chi connectivity index (χ0n) is 24.0. The fourth-order valence-corrected chi connectivity index (χ4v) is 5.78. The van der Waals surface area contributed by atoms with Gasteiger partial charge in [0.15, 0.2) is 5.13 Å². The van der Waals surface area contributed by atoms with Gasteiger partial charge in [-0.15, -0.1) is 0 Å². The first kappa shape index (κ1) is 30.1. The molecule has 0 aliphatic carbocycles. The quantitative estimate of drug-likeness (QED) is 0.0594. The van der Waals surface area contributed by atoms with Gasteiger partial charge in [0.2, 0.25) is 0 Å². The maximum absolute atomic E-state index is 13.5. The minimum Gasteiger partial charge on any atom is -0.507 e. The van der Waals surface area contributed by atoms with Crippen molar-refractivity contribution >= 4 is 45.6 Å². The van der Waals surface area contributed by atoms with E-state index in [-0.39, 0.29) is 33.4 Å². The number of ketones is 1. The van der Waals surface area contributed by atoms with E-state index in [4.69, 9.17) is 9.47 Å². The van der Waals surface area contributed by atoms with E-state index in [1.165, 1.54) is 24.3 Å². The number of hydrogen-bond acceptors (Lipinski definition) is 10. The van der Waals surface area contributed by atoms with Crippen LogP contribution in [0.5, 0.6) is 5.75 Å². The Bertz CT molecular complexity index is 1790. The van der Waals surface area contributed by atoms with Crippen molar-refractivity contribution in [2.75, 3.05) is 11.5 Å². The van der Waals surface area contributed by atoms with Gasteiger partial charge in [0.25, 0.3) is 11.5 Å². The number of thiazole rings is 1. The second-order valence-electron chi connectivity index (χ2n) is 9.89. The molecule has 224 valence electrons. The maximum atomic E-state index is 13.5. The molecule has 1 aliphatic heterocycles. The normalized spacial score (nSPS) is 15.8. The number of aliphatic hydroxyl groups excluding tert-OH is 1. The number of carbonyl (C=O) groups excluding carboxylic acids is 3. The molecule has 0 radical (unpaired) electrons. The van der Waals surface area contributed by atoms with Crippen LogP contribution >= 0.6 is 11.3 Å². The highest BCUT2D eigenvalue weighted by Gasteiger charge is 2.48. The van der Waals surface area contributed by atoms with Crippen LogP contribution in [0.1, 0.15) is 50.6 Å². The number of nitro benzene ring substituents is 1. The second kappa shape index (κ2) is 12.5. The molecular weight excluding hydrogens is 586 g/mol. The van der Waals surface area contributed by atoms with E-state index < -0.39 is 34.4 Å². The molecule has 0 spiro atoms. The molecule has 2 heterocycles. The van der Waals surface area contributed by atoms with Crippen LogP contribution in [0.25, 0.3) is 5.76 Å². The Labute approximate surface area is 256 Å². The summed E-state index contributed by atoms with van der Waals surface area (Å²) in [4.78, 5) is 55.8. The van der Waals surface area contributed by atoms with Crippen LogP contribution in [0, 0.1) is 24.0 Å². The third-order valence-electron chi connectivity index (χ3n) is 7.10. The Morgan fingerprint density at radius 3 is 2.36 bits per heavy atom. The number of aryl methyl sites for hydroxylation is 2. The van der Waals surface area contributed by atoms with E-state index in [1.54, 1.807) is 38.1 Å². The van der Waals surface area contributed by atoms with E-state index in [2.05, 4.69) is 4.98 Å². The molecule has 44 heavy (non-hydrogen) atoms. The topological polar surface area (TPSA) is 149 Å².